The van der Waals surface area contributed by atoms with E-state index in [2.05, 4.69) is 86.7 Å². The van der Waals surface area contributed by atoms with Gasteiger partial charge in [0.1, 0.15) is 3.61 Å². The molecule has 10 atom stereocenters. The molecule has 0 aliphatic heterocycles. The summed E-state index contributed by atoms with van der Waals surface area (Å²) in [6.07, 6.45) is 12.0. The number of rotatable bonds is 7. The molecule has 4 fully saturated rings. The van der Waals surface area contributed by atoms with E-state index >= 15 is 0 Å². The Morgan fingerprint density at radius 1 is 1.00 bits per heavy atom. The predicted octanol–water partition coefficient (Wildman–Crippen LogP) is 8.43. The summed E-state index contributed by atoms with van der Waals surface area (Å²) < 4.78 is 12.3. The van der Waals surface area contributed by atoms with E-state index in [-0.39, 0.29) is 29.4 Å². The van der Waals surface area contributed by atoms with Crippen LogP contribution in [0.15, 0.2) is 0 Å². The first kappa shape index (κ1) is 29.3. The fourth-order valence-corrected chi connectivity index (χ4v) is 13.2. The van der Waals surface area contributed by atoms with E-state index in [1.807, 2.05) is 14.2 Å². The third-order valence-electron chi connectivity index (χ3n) is 12.1. The summed E-state index contributed by atoms with van der Waals surface area (Å²) in [4.78, 5) is 0. The van der Waals surface area contributed by atoms with Crippen molar-refractivity contribution in [3.05, 3.63) is 0 Å². The molecular weight excluding hydrogens is 662 g/mol. The molecule has 1 N–H and O–H groups in total. The lowest BCUT2D eigenvalue weighted by Crippen LogP contribution is -2.68. The Hall–Kier alpha value is 1.34. The second kappa shape index (κ2) is 10.1. The maximum atomic E-state index is 12.0. The Labute approximate surface area is 243 Å². The van der Waals surface area contributed by atoms with Crippen LogP contribution < -0.4 is 0 Å². The van der Waals surface area contributed by atoms with Gasteiger partial charge in [0.05, 0.1) is 12.2 Å². The van der Waals surface area contributed by atoms with Gasteiger partial charge in [0.25, 0.3) is 0 Å². The van der Waals surface area contributed by atoms with Crippen LogP contribution in [0.25, 0.3) is 0 Å². The summed E-state index contributed by atoms with van der Waals surface area (Å²) >= 11 is 5.51. The molecule has 4 aliphatic carbocycles. The molecule has 0 radical (unpaired) electrons. The number of hydrogen-bond acceptors (Lipinski definition) is 3. The Kier molecular flexibility index (Phi) is 8.44. The van der Waals surface area contributed by atoms with Crippen LogP contribution in [0.1, 0.15) is 106 Å². The molecule has 4 rings (SSSR count). The summed E-state index contributed by atoms with van der Waals surface area (Å²) in [5.41, 5.74) is 0.718. The number of hydrogen-bond donors (Lipinski definition) is 1. The van der Waals surface area contributed by atoms with Gasteiger partial charge < -0.3 is 14.6 Å². The second-order valence-corrected chi connectivity index (χ2v) is 18.0. The van der Waals surface area contributed by atoms with Gasteiger partial charge in [-0.3, -0.25) is 0 Å². The molecular formula is C30H52I2O3. The molecule has 0 bridgehead atoms. The first-order valence-electron chi connectivity index (χ1n) is 14.3. The minimum absolute atomic E-state index is 0.140. The molecule has 0 aromatic rings. The van der Waals surface area contributed by atoms with Crippen molar-refractivity contribution in [3.8, 4) is 0 Å². The van der Waals surface area contributed by atoms with Crippen molar-refractivity contribution in [2.45, 2.75) is 125 Å². The third-order valence-corrected chi connectivity index (χ3v) is 16.4. The van der Waals surface area contributed by atoms with Crippen LogP contribution >= 0.6 is 45.2 Å². The Bertz CT molecular complexity index is 773. The highest BCUT2D eigenvalue weighted by atomic mass is 127. The molecule has 0 spiro atoms. The first-order valence-corrected chi connectivity index (χ1v) is 16.5. The minimum Gasteiger partial charge on any atom is -0.393 e. The lowest BCUT2D eigenvalue weighted by Gasteiger charge is -2.70. The Morgan fingerprint density at radius 2 is 1.69 bits per heavy atom. The maximum Gasteiger partial charge on any atom is 0.121 e. The SMILES string of the molecule is COC1CCC2(C)C(CCC3(C)C2CC(O)C2C(C(I)(CCCC(C)C)OC)CCC23I)C1(C)C. The maximum absolute atomic E-state index is 12.0. The summed E-state index contributed by atoms with van der Waals surface area (Å²) in [6, 6.07) is 0. The summed E-state index contributed by atoms with van der Waals surface area (Å²) in [7, 11) is 3.82. The van der Waals surface area contributed by atoms with Gasteiger partial charge in [-0.15, -0.1) is 0 Å². The van der Waals surface area contributed by atoms with Crippen LogP contribution in [0.5, 0.6) is 0 Å². The van der Waals surface area contributed by atoms with Crippen molar-refractivity contribution >= 4 is 45.2 Å². The van der Waals surface area contributed by atoms with Crippen molar-refractivity contribution in [3.63, 3.8) is 0 Å². The van der Waals surface area contributed by atoms with Gasteiger partial charge in [0.2, 0.25) is 0 Å². The number of methoxy groups -OCH3 is 2. The lowest BCUT2D eigenvalue weighted by molar-refractivity contribution is -0.212. The average Bonchev–Trinajstić information content (AvgIpc) is 3.15. The average molecular weight is 715 g/mol. The minimum atomic E-state index is -0.231. The molecule has 5 heteroatoms. The molecule has 0 aromatic carbocycles. The van der Waals surface area contributed by atoms with Crippen LogP contribution in [0.4, 0.5) is 0 Å². The van der Waals surface area contributed by atoms with Crippen LogP contribution in [0.3, 0.4) is 0 Å². The third kappa shape index (κ3) is 4.41. The number of halogens is 2. The highest BCUT2D eigenvalue weighted by molar-refractivity contribution is 14.1. The standard InChI is InChI=1S/C30H52I2O3/c1-19(2)10-9-14-30(32,35-8)20-11-17-29(31)25(20)21(33)18-23-27(5)15-13-24(34-7)26(3,4)22(27)12-16-28(23,29)6/h19-25,33H,9-18H2,1-8H3. The zero-order valence-electron chi connectivity index (χ0n) is 23.6. The highest BCUT2D eigenvalue weighted by Crippen LogP contribution is 2.75. The van der Waals surface area contributed by atoms with Gasteiger partial charge in [-0.2, -0.15) is 0 Å². The summed E-state index contributed by atoms with van der Waals surface area (Å²) in [5, 5.41) is 12.0. The van der Waals surface area contributed by atoms with Crippen molar-refractivity contribution < 1.29 is 14.6 Å². The van der Waals surface area contributed by atoms with Crippen LogP contribution in [0, 0.1) is 45.8 Å². The zero-order valence-corrected chi connectivity index (χ0v) is 27.9. The van der Waals surface area contributed by atoms with E-state index in [9.17, 15) is 5.11 Å². The van der Waals surface area contributed by atoms with Gasteiger partial charge in [0, 0.05) is 29.5 Å². The van der Waals surface area contributed by atoms with E-state index in [0.717, 1.165) is 25.2 Å². The summed E-state index contributed by atoms with van der Waals surface area (Å²) in [5.74, 6) is 2.71. The first-order chi connectivity index (χ1) is 16.2. The van der Waals surface area contributed by atoms with Crippen molar-refractivity contribution in [1.82, 2.24) is 0 Å². The fourth-order valence-electron chi connectivity index (χ4n) is 10.3. The number of aliphatic hydroxyl groups is 1. The Morgan fingerprint density at radius 3 is 2.29 bits per heavy atom. The van der Waals surface area contributed by atoms with E-state index in [1.165, 1.54) is 44.9 Å². The van der Waals surface area contributed by atoms with Crippen LogP contribution in [-0.2, 0) is 9.47 Å². The molecule has 0 aromatic heterocycles. The van der Waals surface area contributed by atoms with Crippen molar-refractivity contribution in [2.75, 3.05) is 14.2 Å². The van der Waals surface area contributed by atoms with Gasteiger partial charge in [0.15, 0.2) is 0 Å². The predicted molar refractivity (Wildman–Crippen MR) is 162 cm³/mol. The number of alkyl halides is 2. The van der Waals surface area contributed by atoms with Crippen molar-refractivity contribution in [2.24, 2.45) is 45.8 Å². The largest absolute Gasteiger partial charge is 0.393 e. The number of aliphatic hydroxyl groups excluding tert-OH is 1. The highest BCUT2D eigenvalue weighted by Gasteiger charge is 2.72. The molecule has 0 saturated heterocycles. The van der Waals surface area contributed by atoms with Crippen LogP contribution in [-0.4, -0.2) is 38.6 Å². The topological polar surface area (TPSA) is 38.7 Å². The van der Waals surface area contributed by atoms with Gasteiger partial charge in [-0.05, 0) is 114 Å². The molecule has 4 aliphatic rings. The Balaban J connectivity index is 1.66. The zero-order chi connectivity index (χ0) is 26.0. The normalized spacial score (nSPS) is 48.7. The molecule has 4 saturated carbocycles. The number of ether oxygens (including phenoxy) is 2. The molecule has 3 nitrogen and oxygen atoms in total. The van der Waals surface area contributed by atoms with E-state index < -0.39 is 0 Å². The monoisotopic (exact) mass is 714 g/mol. The van der Waals surface area contributed by atoms with E-state index in [0.29, 0.717) is 29.8 Å². The molecule has 204 valence electrons. The molecule has 35 heavy (non-hydrogen) atoms. The lowest BCUT2D eigenvalue weighted by atomic mass is 9.38. The molecule has 0 amide bonds. The van der Waals surface area contributed by atoms with E-state index in [1.54, 1.807) is 0 Å². The number of fused-ring (bicyclic) bond motifs is 5. The molecule has 0 heterocycles. The smallest absolute Gasteiger partial charge is 0.121 e. The van der Waals surface area contributed by atoms with Gasteiger partial charge in [-0.25, -0.2) is 0 Å². The second-order valence-electron chi connectivity index (χ2n) is 14.3. The molecule has 10 unspecified atom stereocenters. The fraction of sp³-hybridized carbons (Fsp3) is 1.00. The van der Waals surface area contributed by atoms with Crippen LogP contribution in [0.2, 0.25) is 0 Å². The van der Waals surface area contributed by atoms with E-state index in [4.69, 9.17) is 9.47 Å². The van der Waals surface area contributed by atoms with Gasteiger partial charge >= 0.3 is 0 Å². The summed E-state index contributed by atoms with van der Waals surface area (Å²) in [6.45, 7) is 14.8. The van der Waals surface area contributed by atoms with Gasteiger partial charge in [-0.1, -0.05) is 70.6 Å². The van der Waals surface area contributed by atoms with Crippen molar-refractivity contribution in [1.29, 1.82) is 0 Å². The quantitative estimate of drug-likeness (QED) is 0.213.